The van der Waals surface area contributed by atoms with Crippen LogP contribution < -0.4 is 9.47 Å². The number of hydrogen-bond acceptors (Lipinski definition) is 7. The van der Waals surface area contributed by atoms with E-state index in [4.69, 9.17) is 4.42 Å². The molecule has 0 fully saturated rings. The molecule has 2 aromatic heterocycles. The van der Waals surface area contributed by atoms with Gasteiger partial charge in [0.1, 0.15) is 11.5 Å². The average molecular weight is 632 g/mol. The molecule has 5 aromatic rings. The van der Waals surface area contributed by atoms with E-state index in [9.17, 15) is 30.4 Å². The summed E-state index contributed by atoms with van der Waals surface area (Å²) in [6.07, 6.45) is -6.28. The van der Waals surface area contributed by atoms with E-state index in [1.165, 1.54) is 41.8 Å². The number of alkyl halides is 5. The standard InChI is InChI=1S/C30H22F5N3O5S/c1-4-26-37-27(28(41-26)19-9-11-23-24(14-19)43-30(34,35)42-23)21-13-18(17-6-5-7-20(12-17)44(3,39)40)8-10-22(21)38-15-25(29(31,32)33)36-16(38)2/h5-15H,4H2,1-3H3. The van der Waals surface area contributed by atoms with Crippen LogP contribution in [-0.4, -0.2) is 35.5 Å². The van der Waals surface area contributed by atoms with Crippen LogP contribution in [0.2, 0.25) is 0 Å². The van der Waals surface area contributed by atoms with E-state index < -0.39 is 28.0 Å². The van der Waals surface area contributed by atoms with Crippen LogP contribution in [0.5, 0.6) is 11.5 Å². The van der Waals surface area contributed by atoms with E-state index in [0.29, 0.717) is 28.7 Å². The van der Waals surface area contributed by atoms with Gasteiger partial charge >= 0.3 is 12.5 Å². The highest BCUT2D eigenvalue weighted by atomic mass is 32.2. The number of aromatic nitrogens is 3. The molecule has 0 saturated heterocycles. The van der Waals surface area contributed by atoms with Gasteiger partial charge in [-0.2, -0.15) is 13.2 Å². The second kappa shape index (κ2) is 10.2. The first-order valence-corrected chi connectivity index (χ1v) is 15.0. The molecule has 44 heavy (non-hydrogen) atoms. The van der Waals surface area contributed by atoms with Crippen molar-refractivity contribution in [2.75, 3.05) is 6.26 Å². The van der Waals surface area contributed by atoms with Gasteiger partial charge < -0.3 is 18.5 Å². The largest absolute Gasteiger partial charge is 0.586 e. The fraction of sp³-hybridized carbons (Fsp3) is 0.200. The average Bonchev–Trinajstić information content (AvgIpc) is 3.65. The van der Waals surface area contributed by atoms with Gasteiger partial charge in [-0.15, -0.1) is 8.78 Å². The van der Waals surface area contributed by atoms with Crippen LogP contribution in [0.25, 0.3) is 39.4 Å². The van der Waals surface area contributed by atoms with Crippen molar-refractivity contribution in [1.82, 2.24) is 14.5 Å². The van der Waals surface area contributed by atoms with E-state index in [1.54, 1.807) is 37.3 Å². The molecular formula is C30H22F5N3O5S. The third-order valence-electron chi connectivity index (χ3n) is 6.92. The van der Waals surface area contributed by atoms with Crippen molar-refractivity contribution in [3.8, 4) is 50.9 Å². The van der Waals surface area contributed by atoms with Crippen molar-refractivity contribution in [2.24, 2.45) is 0 Å². The maximum Gasteiger partial charge on any atom is 0.586 e. The van der Waals surface area contributed by atoms with Crippen LogP contribution in [0.1, 0.15) is 24.3 Å². The first-order chi connectivity index (χ1) is 20.6. The normalized spacial score (nSPS) is 14.3. The summed E-state index contributed by atoms with van der Waals surface area (Å²) in [6, 6.07) is 15.1. The third kappa shape index (κ3) is 5.41. The van der Waals surface area contributed by atoms with E-state index in [2.05, 4.69) is 19.4 Å². The fourth-order valence-electron chi connectivity index (χ4n) is 4.86. The van der Waals surface area contributed by atoms with Crippen molar-refractivity contribution < 1.29 is 44.3 Å². The van der Waals surface area contributed by atoms with Crippen LogP contribution in [0, 0.1) is 6.92 Å². The molecule has 0 radical (unpaired) electrons. The van der Waals surface area contributed by atoms with Gasteiger partial charge in [-0.1, -0.05) is 25.1 Å². The lowest BCUT2D eigenvalue weighted by molar-refractivity contribution is -0.286. The maximum absolute atomic E-state index is 13.7. The quantitative estimate of drug-likeness (QED) is 0.179. The Hall–Kier alpha value is -4.72. The molecule has 3 heterocycles. The summed E-state index contributed by atoms with van der Waals surface area (Å²) in [5.41, 5.74) is 1.01. The number of fused-ring (bicyclic) bond motifs is 1. The lowest BCUT2D eigenvalue weighted by Gasteiger charge is -2.14. The molecule has 3 aromatic carbocycles. The molecular weight excluding hydrogens is 609 g/mol. The van der Waals surface area contributed by atoms with E-state index in [-0.39, 0.29) is 45.3 Å². The predicted molar refractivity (Wildman–Crippen MR) is 148 cm³/mol. The highest BCUT2D eigenvalue weighted by Crippen LogP contribution is 2.45. The zero-order valence-corrected chi connectivity index (χ0v) is 24.1. The Morgan fingerprint density at radius 3 is 2.30 bits per heavy atom. The van der Waals surface area contributed by atoms with Crippen molar-refractivity contribution in [3.05, 3.63) is 84.3 Å². The van der Waals surface area contributed by atoms with Gasteiger partial charge in [0.25, 0.3) is 0 Å². The van der Waals surface area contributed by atoms with Crippen LogP contribution in [-0.2, 0) is 22.4 Å². The molecule has 0 atom stereocenters. The fourth-order valence-corrected chi connectivity index (χ4v) is 5.53. The van der Waals surface area contributed by atoms with E-state index in [1.807, 2.05) is 0 Å². The van der Waals surface area contributed by atoms with Crippen LogP contribution >= 0.6 is 0 Å². The second-order valence-corrected chi connectivity index (χ2v) is 12.1. The Morgan fingerprint density at radius 2 is 1.61 bits per heavy atom. The van der Waals surface area contributed by atoms with Gasteiger partial charge in [0.05, 0.1) is 10.6 Å². The third-order valence-corrected chi connectivity index (χ3v) is 8.03. The Kier molecular flexibility index (Phi) is 6.79. The Bertz CT molecular complexity index is 2030. The number of nitrogens with zero attached hydrogens (tertiary/aromatic N) is 3. The zero-order chi connectivity index (χ0) is 31.6. The number of hydrogen-bond donors (Lipinski definition) is 0. The highest BCUT2D eigenvalue weighted by Gasteiger charge is 2.43. The van der Waals surface area contributed by atoms with Gasteiger partial charge in [-0.3, -0.25) is 0 Å². The molecule has 0 amide bonds. The van der Waals surface area contributed by atoms with Crippen LogP contribution in [0.3, 0.4) is 0 Å². The molecule has 1 aliphatic heterocycles. The van der Waals surface area contributed by atoms with Gasteiger partial charge in [0, 0.05) is 30.0 Å². The smallest absolute Gasteiger partial charge is 0.440 e. The lowest BCUT2D eigenvalue weighted by atomic mass is 9.98. The van der Waals surface area contributed by atoms with Crippen molar-refractivity contribution in [1.29, 1.82) is 0 Å². The first kappa shape index (κ1) is 29.4. The molecule has 0 spiro atoms. The van der Waals surface area contributed by atoms with Crippen LogP contribution in [0.15, 0.2) is 76.2 Å². The number of aryl methyl sites for hydroxylation is 2. The lowest BCUT2D eigenvalue weighted by Crippen LogP contribution is -2.25. The van der Waals surface area contributed by atoms with E-state index in [0.717, 1.165) is 12.5 Å². The molecule has 6 rings (SSSR count). The van der Waals surface area contributed by atoms with Gasteiger partial charge in [-0.25, -0.2) is 18.4 Å². The van der Waals surface area contributed by atoms with Crippen molar-refractivity contribution in [2.45, 2.75) is 37.6 Å². The maximum atomic E-state index is 13.7. The number of ether oxygens (including phenoxy) is 2. The summed E-state index contributed by atoms with van der Waals surface area (Å²) in [5.74, 6) is 0.0289. The second-order valence-electron chi connectivity index (χ2n) is 10.0. The highest BCUT2D eigenvalue weighted by molar-refractivity contribution is 7.90. The van der Waals surface area contributed by atoms with Crippen molar-refractivity contribution in [3.63, 3.8) is 0 Å². The van der Waals surface area contributed by atoms with Gasteiger partial charge in [-0.05, 0) is 60.5 Å². The van der Waals surface area contributed by atoms with Gasteiger partial charge in [0.15, 0.2) is 38.7 Å². The molecule has 8 nitrogen and oxygen atoms in total. The summed E-state index contributed by atoms with van der Waals surface area (Å²) >= 11 is 0. The monoisotopic (exact) mass is 631 g/mol. The molecule has 1 aliphatic rings. The first-order valence-electron chi connectivity index (χ1n) is 13.1. The summed E-state index contributed by atoms with van der Waals surface area (Å²) in [6.45, 7) is 3.20. The van der Waals surface area contributed by atoms with Crippen molar-refractivity contribution >= 4 is 9.84 Å². The number of sulfone groups is 1. The number of imidazole rings is 1. The Morgan fingerprint density at radius 1 is 0.909 bits per heavy atom. The minimum atomic E-state index is -4.70. The Labute approximate surface area is 247 Å². The summed E-state index contributed by atoms with van der Waals surface area (Å²) in [5, 5.41) is 0. The molecule has 14 heteroatoms. The molecule has 0 unspecified atom stereocenters. The van der Waals surface area contributed by atoms with E-state index >= 15 is 0 Å². The Balaban J connectivity index is 1.59. The molecule has 0 saturated carbocycles. The molecule has 228 valence electrons. The number of rotatable bonds is 6. The molecule has 0 N–H and O–H groups in total. The minimum Gasteiger partial charge on any atom is -0.440 e. The predicted octanol–water partition coefficient (Wildman–Crippen LogP) is 7.48. The summed E-state index contributed by atoms with van der Waals surface area (Å²) < 4.78 is 109. The zero-order valence-electron chi connectivity index (χ0n) is 23.2. The number of benzene rings is 3. The van der Waals surface area contributed by atoms with Gasteiger partial charge in [0.2, 0.25) is 0 Å². The summed E-state index contributed by atoms with van der Waals surface area (Å²) in [7, 11) is -3.54. The SMILES string of the molecule is CCc1nc(-c2cc(-c3cccc(S(C)(=O)=O)c3)ccc2-n2cc(C(F)(F)F)nc2C)c(-c2ccc3c(c2)OC(F)(F)O3)o1. The molecule has 0 bridgehead atoms. The summed E-state index contributed by atoms with van der Waals surface area (Å²) in [4.78, 5) is 8.39. The topological polar surface area (TPSA) is 96.5 Å². The minimum absolute atomic E-state index is 0.0384. The number of halogens is 5. The molecule has 0 aliphatic carbocycles. The van der Waals surface area contributed by atoms with Crippen LogP contribution in [0.4, 0.5) is 22.0 Å². The number of oxazole rings is 1.